The zero-order chi connectivity index (χ0) is 33.1. The fraction of sp³-hybridized carbons (Fsp3) is 0.364. The number of carbonyl (C=O) groups excluding carboxylic acids is 3. The molecule has 3 aromatic carbocycles. The van der Waals surface area contributed by atoms with Gasteiger partial charge in [-0.2, -0.15) is 0 Å². The minimum atomic E-state index is -2.04. The minimum absolute atomic E-state index is 0.0412. The molecule has 1 fully saturated rings. The summed E-state index contributed by atoms with van der Waals surface area (Å²) in [6.07, 6.45) is -4.74. The molecular formula is C33H32N2O11. The summed E-state index contributed by atoms with van der Waals surface area (Å²) in [6, 6.07) is 11.4. The van der Waals surface area contributed by atoms with Crippen LogP contribution in [0.15, 0.2) is 48.5 Å². The van der Waals surface area contributed by atoms with Crippen molar-refractivity contribution in [3.05, 3.63) is 97.6 Å². The van der Waals surface area contributed by atoms with Gasteiger partial charge in [-0.15, -0.1) is 0 Å². The predicted octanol–water partition coefficient (Wildman–Crippen LogP) is 2.76. The molecule has 0 radical (unpaired) electrons. The number of benzene rings is 3. The van der Waals surface area contributed by atoms with E-state index in [0.717, 1.165) is 5.56 Å². The maximum absolute atomic E-state index is 13.5. The number of aliphatic hydroxyl groups is 2. The van der Waals surface area contributed by atoms with E-state index < -0.39 is 87.6 Å². The van der Waals surface area contributed by atoms with Crippen LogP contribution in [0.25, 0.3) is 0 Å². The Hall–Kier alpha value is -4.53. The van der Waals surface area contributed by atoms with Crippen LogP contribution in [0.2, 0.25) is 0 Å². The number of non-ortho nitro benzene ring substituents is 1. The Kier molecular flexibility index (Phi) is 7.99. The molecule has 3 aliphatic rings. The zero-order valence-electron chi connectivity index (χ0n) is 24.9. The van der Waals surface area contributed by atoms with Gasteiger partial charge in [0.25, 0.3) is 5.69 Å². The first-order valence-corrected chi connectivity index (χ1v) is 14.8. The second-order valence-corrected chi connectivity index (χ2v) is 12.0. The molecule has 6 rings (SSSR count). The number of nitrogens with one attached hydrogen (secondary N) is 1. The van der Waals surface area contributed by atoms with E-state index in [1.54, 1.807) is 31.2 Å². The number of Topliss-reactive ketones (excluding diaryl/α,β-unsaturated/α-hetero) is 1. The minimum Gasteiger partial charge on any atom is -0.507 e. The normalized spacial score (nSPS) is 27.0. The van der Waals surface area contributed by atoms with Crippen molar-refractivity contribution in [1.82, 2.24) is 5.32 Å². The van der Waals surface area contributed by atoms with Crippen molar-refractivity contribution in [2.75, 3.05) is 0 Å². The van der Waals surface area contributed by atoms with E-state index in [9.17, 15) is 44.9 Å². The summed E-state index contributed by atoms with van der Waals surface area (Å²) in [5, 5.41) is 59.4. The molecule has 0 bridgehead atoms. The summed E-state index contributed by atoms with van der Waals surface area (Å²) in [5.74, 6) is -3.21. The zero-order valence-corrected chi connectivity index (χ0v) is 24.9. The molecule has 0 saturated carbocycles. The average molecular weight is 633 g/mol. The highest BCUT2D eigenvalue weighted by molar-refractivity contribution is 6.30. The number of nitro groups is 1. The third-order valence-corrected chi connectivity index (χ3v) is 9.17. The number of nitro benzene ring substituents is 1. The molecule has 2 aliphatic carbocycles. The smallest absolute Gasteiger partial charge is 0.269 e. The van der Waals surface area contributed by atoms with Crippen LogP contribution >= 0.6 is 0 Å². The third-order valence-electron chi connectivity index (χ3n) is 9.17. The highest BCUT2D eigenvalue weighted by atomic mass is 16.7. The summed E-state index contributed by atoms with van der Waals surface area (Å²) in [5.41, 5.74) is -2.19. The molecule has 240 valence electrons. The molecule has 46 heavy (non-hydrogen) atoms. The number of ketones is 3. The van der Waals surface area contributed by atoms with Gasteiger partial charge in [0.15, 0.2) is 23.6 Å². The third kappa shape index (κ3) is 5.25. The van der Waals surface area contributed by atoms with Gasteiger partial charge in [-0.3, -0.25) is 24.5 Å². The largest absolute Gasteiger partial charge is 0.507 e. The van der Waals surface area contributed by atoms with Gasteiger partial charge in [0.05, 0.1) is 34.4 Å². The van der Waals surface area contributed by atoms with Gasteiger partial charge in [-0.25, -0.2) is 0 Å². The first-order valence-electron chi connectivity index (χ1n) is 14.8. The number of phenolic OH excluding ortho intramolecular Hbond substituents is 2. The van der Waals surface area contributed by atoms with Crippen LogP contribution in [0.1, 0.15) is 81.3 Å². The number of rotatable bonds is 7. The Bertz CT molecular complexity index is 1770. The van der Waals surface area contributed by atoms with E-state index in [2.05, 4.69) is 5.32 Å². The number of nitrogens with zero attached hydrogens (tertiary/aromatic N) is 1. The lowest BCUT2D eigenvalue weighted by Gasteiger charge is -2.43. The van der Waals surface area contributed by atoms with Crippen LogP contribution in [0.5, 0.6) is 11.5 Å². The lowest BCUT2D eigenvalue weighted by molar-refractivity contribution is -0.384. The highest BCUT2D eigenvalue weighted by Crippen LogP contribution is 2.52. The van der Waals surface area contributed by atoms with Crippen molar-refractivity contribution >= 4 is 23.0 Å². The van der Waals surface area contributed by atoms with Gasteiger partial charge in [0, 0.05) is 66.2 Å². The molecule has 1 heterocycles. The standard InChI is InChI=1S/C33H32N2O11/c1-15-28(37)22(34-14-17-7-9-18(10-8-17)35(43)44)11-24(45-15)46-23-13-33(42,16(2)36)12-21-25(23)32(41)27-26(31(21)40)29(38)19-5-3-4-6-20(19)30(27)39/h3-10,15,22-24,28,34,37,40-42H,11-14H2,1-2H3/t15?,22?,23-,24?,28?,33-/m0/s1. The number of aliphatic hydroxyl groups excluding tert-OH is 1. The van der Waals surface area contributed by atoms with E-state index in [-0.39, 0.29) is 47.3 Å². The first kappa shape index (κ1) is 31.5. The van der Waals surface area contributed by atoms with Crippen LogP contribution in [0.3, 0.4) is 0 Å². The fourth-order valence-corrected chi connectivity index (χ4v) is 6.58. The van der Waals surface area contributed by atoms with Crippen molar-refractivity contribution in [1.29, 1.82) is 0 Å². The van der Waals surface area contributed by atoms with Crippen molar-refractivity contribution < 1.29 is 49.2 Å². The molecule has 13 heteroatoms. The molecule has 1 saturated heterocycles. The number of hydrogen-bond acceptors (Lipinski definition) is 12. The quantitative estimate of drug-likeness (QED) is 0.113. The number of fused-ring (bicyclic) bond motifs is 3. The molecule has 0 aromatic heterocycles. The SMILES string of the molecule is CC(=O)[C@]1(O)Cc2c(O)c3c(c(O)c2[C@@H](OC2CC(NCc4ccc([N+](=O)[O-])cc4)C(O)C(C)O2)C1)C(=O)c1ccccc1C3=O. The van der Waals surface area contributed by atoms with Gasteiger partial charge >= 0.3 is 0 Å². The molecule has 13 nitrogen and oxygen atoms in total. The monoisotopic (exact) mass is 632 g/mol. The first-order chi connectivity index (χ1) is 21.8. The summed E-state index contributed by atoms with van der Waals surface area (Å²) >= 11 is 0. The van der Waals surface area contributed by atoms with Crippen LogP contribution in [0.4, 0.5) is 5.69 Å². The molecule has 4 unspecified atom stereocenters. The van der Waals surface area contributed by atoms with Crippen molar-refractivity contribution in [2.24, 2.45) is 0 Å². The number of carbonyl (C=O) groups is 3. The predicted molar refractivity (Wildman–Crippen MR) is 160 cm³/mol. The lowest BCUT2D eigenvalue weighted by Crippen LogP contribution is -2.54. The second kappa shape index (κ2) is 11.7. The average Bonchev–Trinajstić information content (AvgIpc) is 3.02. The highest BCUT2D eigenvalue weighted by Gasteiger charge is 2.49. The number of hydrogen-bond donors (Lipinski definition) is 5. The molecule has 0 spiro atoms. The van der Waals surface area contributed by atoms with Gasteiger partial charge in [-0.1, -0.05) is 36.4 Å². The molecular weight excluding hydrogens is 600 g/mol. The summed E-state index contributed by atoms with van der Waals surface area (Å²) in [7, 11) is 0. The van der Waals surface area contributed by atoms with E-state index in [1.165, 1.54) is 31.2 Å². The maximum Gasteiger partial charge on any atom is 0.269 e. The molecule has 5 N–H and O–H groups in total. The summed E-state index contributed by atoms with van der Waals surface area (Å²) in [6.45, 7) is 3.06. The van der Waals surface area contributed by atoms with E-state index in [0.29, 0.717) is 0 Å². The van der Waals surface area contributed by atoms with Crippen molar-refractivity contribution in [3.63, 3.8) is 0 Å². The molecule has 1 aliphatic heterocycles. The van der Waals surface area contributed by atoms with Gasteiger partial charge in [0.2, 0.25) is 0 Å². The Morgan fingerprint density at radius 2 is 1.67 bits per heavy atom. The van der Waals surface area contributed by atoms with Crippen LogP contribution in [0, 0.1) is 10.1 Å². The van der Waals surface area contributed by atoms with Gasteiger partial charge in [-0.05, 0) is 19.4 Å². The van der Waals surface area contributed by atoms with E-state index in [1.807, 2.05) is 0 Å². The number of aromatic hydroxyl groups is 2. The fourth-order valence-electron chi connectivity index (χ4n) is 6.58. The maximum atomic E-state index is 13.5. The Balaban J connectivity index is 1.33. The Morgan fingerprint density at radius 3 is 2.26 bits per heavy atom. The molecule has 0 amide bonds. The van der Waals surface area contributed by atoms with Gasteiger partial charge < -0.3 is 35.2 Å². The second-order valence-electron chi connectivity index (χ2n) is 12.0. The van der Waals surface area contributed by atoms with Crippen LogP contribution in [-0.4, -0.2) is 72.8 Å². The van der Waals surface area contributed by atoms with Crippen LogP contribution < -0.4 is 5.32 Å². The van der Waals surface area contributed by atoms with E-state index >= 15 is 0 Å². The molecule has 6 atom stereocenters. The summed E-state index contributed by atoms with van der Waals surface area (Å²) in [4.78, 5) is 50.2. The topological polar surface area (TPSA) is 206 Å². The Labute approximate surface area is 262 Å². The lowest BCUT2D eigenvalue weighted by atomic mass is 9.72. The summed E-state index contributed by atoms with van der Waals surface area (Å²) < 4.78 is 12.2. The van der Waals surface area contributed by atoms with E-state index in [4.69, 9.17) is 9.47 Å². The van der Waals surface area contributed by atoms with Crippen molar-refractivity contribution in [3.8, 4) is 11.5 Å². The molecule has 3 aromatic rings. The Morgan fingerprint density at radius 1 is 1.07 bits per heavy atom. The number of ether oxygens (including phenoxy) is 2. The van der Waals surface area contributed by atoms with Crippen LogP contribution in [-0.2, 0) is 27.2 Å². The van der Waals surface area contributed by atoms with Crippen molar-refractivity contribution in [2.45, 2.75) is 75.9 Å². The number of phenols is 2. The van der Waals surface area contributed by atoms with Gasteiger partial charge in [0.1, 0.15) is 17.1 Å².